The highest BCUT2D eigenvalue weighted by atomic mass is 16.5. The number of ether oxygens (including phenoxy) is 1. The third-order valence-corrected chi connectivity index (χ3v) is 4.37. The van der Waals surface area contributed by atoms with Crippen LogP contribution in [0.15, 0.2) is 91.0 Å². The van der Waals surface area contributed by atoms with Crippen molar-refractivity contribution in [3.05, 3.63) is 96.6 Å². The molecule has 4 rings (SSSR count). The number of hydrogen-bond acceptors (Lipinski definition) is 2. The first-order chi connectivity index (χ1) is 12.3. The number of nitrogens with two attached hydrogens (primary N) is 1. The van der Waals surface area contributed by atoms with Gasteiger partial charge in [0.1, 0.15) is 12.4 Å². The Balaban J connectivity index is 1.59. The van der Waals surface area contributed by atoms with Crippen molar-refractivity contribution < 1.29 is 4.74 Å². The van der Waals surface area contributed by atoms with Crippen LogP contribution in [0.4, 0.5) is 5.69 Å². The maximum absolute atomic E-state index is 6.10. The zero-order valence-corrected chi connectivity index (χ0v) is 13.9. The van der Waals surface area contributed by atoms with Gasteiger partial charge in [0.15, 0.2) is 0 Å². The molecule has 2 heteroatoms. The fraction of sp³-hybridized carbons (Fsp3) is 0.0435. The predicted molar refractivity (Wildman–Crippen MR) is 105 cm³/mol. The van der Waals surface area contributed by atoms with E-state index in [1.54, 1.807) is 0 Å². The van der Waals surface area contributed by atoms with Crippen LogP contribution in [0, 0.1) is 0 Å². The van der Waals surface area contributed by atoms with Crippen molar-refractivity contribution >= 4 is 16.5 Å². The largest absolute Gasteiger partial charge is 0.489 e. The third kappa shape index (κ3) is 3.20. The predicted octanol–water partition coefficient (Wildman–Crippen LogP) is 5.67. The summed E-state index contributed by atoms with van der Waals surface area (Å²) in [6.07, 6.45) is 0. The first-order valence-electron chi connectivity index (χ1n) is 8.36. The summed E-state index contributed by atoms with van der Waals surface area (Å²) in [5.41, 5.74) is 10.4. The molecule has 0 heterocycles. The summed E-state index contributed by atoms with van der Waals surface area (Å²) < 4.78 is 5.87. The number of hydrogen-bond donors (Lipinski definition) is 1. The molecule has 0 unspecified atom stereocenters. The van der Waals surface area contributed by atoms with Crippen molar-refractivity contribution in [1.82, 2.24) is 0 Å². The zero-order chi connectivity index (χ0) is 17.1. The molecule has 0 aliphatic carbocycles. The van der Waals surface area contributed by atoms with E-state index in [4.69, 9.17) is 10.5 Å². The molecule has 2 N–H and O–H groups in total. The molecule has 2 nitrogen and oxygen atoms in total. The second-order valence-electron chi connectivity index (χ2n) is 6.05. The summed E-state index contributed by atoms with van der Waals surface area (Å²) in [7, 11) is 0. The minimum absolute atomic E-state index is 0.574. The molecule has 0 aromatic heterocycles. The van der Waals surface area contributed by atoms with Crippen LogP contribution in [0.3, 0.4) is 0 Å². The lowest BCUT2D eigenvalue weighted by Crippen LogP contribution is -1.94. The number of nitrogen functional groups attached to an aromatic ring is 1. The normalized spacial score (nSPS) is 10.7. The fourth-order valence-corrected chi connectivity index (χ4v) is 3.05. The summed E-state index contributed by atoms with van der Waals surface area (Å²) in [6, 6.07) is 30.7. The van der Waals surface area contributed by atoms with Crippen molar-refractivity contribution in [2.24, 2.45) is 0 Å². The Hall–Kier alpha value is -3.26. The van der Waals surface area contributed by atoms with Crippen LogP contribution in [0.2, 0.25) is 0 Å². The minimum atomic E-state index is 0.574. The van der Waals surface area contributed by atoms with Crippen molar-refractivity contribution in [1.29, 1.82) is 0 Å². The standard InChI is InChI=1S/C23H19NO/c24-23-15-14-20(21-8-4-5-9-22(21)23)18-10-12-19(13-11-18)25-16-17-6-2-1-3-7-17/h1-15H,16,24H2. The molecule has 25 heavy (non-hydrogen) atoms. The number of benzene rings is 4. The topological polar surface area (TPSA) is 35.2 Å². The average Bonchev–Trinajstić information content (AvgIpc) is 2.68. The molecule has 0 saturated heterocycles. The van der Waals surface area contributed by atoms with E-state index in [1.807, 2.05) is 48.5 Å². The number of rotatable bonds is 4. The molecule has 0 bridgehead atoms. The van der Waals surface area contributed by atoms with Crippen molar-refractivity contribution in [3.8, 4) is 16.9 Å². The van der Waals surface area contributed by atoms with Gasteiger partial charge in [-0.15, -0.1) is 0 Å². The SMILES string of the molecule is Nc1ccc(-c2ccc(OCc3ccccc3)cc2)c2ccccc12. The second-order valence-corrected chi connectivity index (χ2v) is 6.05. The number of fused-ring (bicyclic) bond motifs is 1. The molecule has 0 fully saturated rings. The highest BCUT2D eigenvalue weighted by Crippen LogP contribution is 2.32. The molecule has 0 aliphatic rings. The van der Waals surface area contributed by atoms with Crippen LogP contribution >= 0.6 is 0 Å². The Morgan fingerprint density at radius 1 is 0.640 bits per heavy atom. The van der Waals surface area contributed by atoms with Gasteiger partial charge in [0.25, 0.3) is 0 Å². The van der Waals surface area contributed by atoms with Crippen LogP contribution < -0.4 is 10.5 Å². The molecule has 0 spiro atoms. The van der Waals surface area contributed by atoms with Gasteiger partial charge in [-0.2, -0.15) is 0 Å². The van der Waals surface area contributed by atoms with Crippen LogP contribution in [0.25, 0.3) is 21.9 Å². The average molecular weight is 325 g/mol. The Morgan fingerprint density at radius 2 is 1.32 bits per heavy atom. The first kappa shape index (κ1) is 15.3. The Kier molecular flexibility index (Phi) is 4.09. The van der Waals surface area contributed by atoms with Crippen LogP contribution in [-0.2, 0) is 6.61 Å². The third-order valence-electron chi connectivity index (χ3n) is 4.37. The van der Waals surface area contributed by atoms with Crippen LogP contribution in [0.1, 0.15) is 5.56 Å². The van der Waals surface area contributed by atoms with E-state index >= 15 is 0 Å². The van der Waals surface area contributed by atoms with Gasteiger partial charge in [0, 0.05) is 11.1 Å². The van der Waals surface area contributed by atoms with Crippen molar-refractivity contribution in [2.45, 2.75) is 6.61 Å². The summed E-state index contributed by atoms with van der Waals surface area (Å²) >= 11 is 0. The fourth-order valence-electron chi connectivity index (χ4n) is 3.05. The Bertz CT molecular complexity index is 991. The van der Waals surface area contributed by atoms with Gasteiger partial charge in [-0.1, -0.05) is 72.8 Å². The Labute approximate surface area is 147 Å². The molecule has 0 amide bonds. The summed E-state index contributed by atoms with van der Waals surface area (Å²) in [6.45, 7) is 0.574. The zero-order valence-electron chi connectivity index (χ0n) is 13.9. The van der Waals surface area contributed by atoms with Gasteiger partial charge >= 0.3 is 0 Å². The highest BCUT2D eigenvalue weighted by Gasteiger charge is 2.06. The maximum atomic E-state index is 6.10. The lowest BCUT2D eigenvalue weighted by atomic mass is 9.97. The van der Waals surface area contributed by atoms with Gasteiger partial charge in [-0.05, 0) is 40.3 Å². The molecule has 0 saturated carbocycles. The lowest BCUT2D eigenvalue weighted by Gasteiger charge is -2.11. The maximum Gasteiger partial charge on any atom is 0.119 e. The molecule has 4 aromatic carbocycles. The van der Waals surface area contributed by atoms with Gasteiger partial charge in [-0.3, -0.25) is 0 Å². The quantitative estimate of drug-likeness (QED) is 0.491. The minimum Gasteiger partial charge on any atom is -0.489 e. The number of anilines is 1. The Morgan fingerprint density at radius 3 is 2.08 bits per heavy atom. The lowest BCUT2D eigenvalue weighted by molar-refractivity contribution is 0.306. The van der Waals surface area contributed by atoms with Crippen LogP contribution in [-0.4, -0.2) is 0 Å². The molecule has 0 atom stereocenters. The summed E-state index contributed by atoms with van der Waals surface area (Å²) in [4.78, 5) is 0. The smallest absolute Gasteiger partial charge is 0.119 e. The molecular weight excluding hydrogens is 306 g/mol. The second kappa shape index (κ2) is 6.70. The molecule has 4 aromatic rings. The van der Waals surface area contributed by atoms with Crippen molar-refractivity contribution in [2.75, 3.05) is 5.73 Å². The molecule has 122 valence electrons. The summed E-state index contributed by atoms with van der Waals surface area (Å²) in [5.74, 6) is 0.868. The van der Waals surface area contributed by atoms with E-state index in [2.05, 4.69) is 42.5 Å². The van der Waals surface area contributed by atoms with Gasteiger partial charge in [0.2, 0.25) is 0 Å². The van der Waals surface area contributed by atoms with E-state index in [1.165, 1.54) is 10.9 Å². The van der Waals surface area contributed by atoms with E-state index < -0.39 is 0 Å². The summed E-state index contributed by atoms with van der Waals surface area (Å²) in [5, 5.41) is 2.25. The van der Waals surface area contributed by atoms with Gasteiger partial charge in [-0.25, -0.2) is 0 Å². The molecule has 0 aliphatic heterocycles. The molecule has 0 radical (unpaired) electrons. The van der Waals surface area contributed by atoms with E-state index in [-0.39, 0.29) is 0 Å². The van der Waals surface area contributed by atoms with Crippen LogP contribution in [0.5, 0.6) is 5.75 Å². The van der Waals surface area contributed by atoms with E-state index in [0.29, 0.717) is 6.61 Å². The highest BCUT2D eigenvalue weighted by molar-refractivity contribution is 6.02. The van der Waals surface area contributed by atoms with E-state index in [0.717, 1.165) is 28.0 Å². The first-order valence-corrected chi connectivity index (χ1v) is 8.36. The van der Waals surface area contributed by atoms with Crippen molar-refractivity contribution in [3.63, 3.8) is 0 Å². The van der Waals surface area contributed by atoms with E-state index in [9.17, 15) is 0 Å². The van der Waals surface area contributed by atoms with Gasteiger partial charge < -0.3 is 10.5 Å². The van der Waals surface area contributed by atoms with Gasteiger partial charge in [0.05, 0.1) is 0 Å². The monoisotopic (exact) mass is 325 g/mol. The molecular formula is C23H19NO.